The van der Waals surface area contributed by atoms with E-state index in [2.05, 4.69) is 63.6 Å². The van der Waals surface area contributed by atoms with Crippen LogP contribution in [0.25, 0.3) is 10.2 Å². The van der Waals surface area contributed by atoms with Crippen molar-refractivity contribution in [3.05, 3.63) is 57.0 Å². The first-order valence-electron chi connectivity index (χ1n) is 10.3. The number of benzene rings is 1. The number of hydrogen-bond donors (Lipinski definition) is 1. The van der Waals surface area contributed by atoms with Gasteiger partial charge in [-0.2, -0.15) is 0 Å². The molecule has 3 aromatic rings. The molecule has 2 aromatic heterocycles. The maximum Gasteiger partial charge on any atom is 0.268 e. The normalized spacial score (nSPS) is 12.2. The number of H-pyrrole nitrogens is 1. The monoisotopic (exact) mass is 441 g/mol. The SMILES string of the molecule is CN(Cc1nc2ccsc2c(=O)[nH]1)C(=O)COc1ccc(C(C)(C)C)cc1C(C)(C)C. The Morgan fingerprint density at radius 2 is 1.84 bits per heavy atom. The molecule has 1 aromatic carbocycles. The van der Waals surface area contributed by atoms with Crippen molar-refractivity contribution in [1.29, 1.82) is 0 Å². The Morgan fingerprint density at radius 3 is 2.48 bits per heavy atom. The Balaban J connectivity index is 1.72. The van der Waals surface area contributed by atoms with Gasteiger partial charge in [0.15, 0.2) is 6.61 Å². The summed E-state index contributed by atoms with van der Waals surface area (Å²) in [7, 11) is 1.68. The fourth-order valence-corrected chi connectivity index (χ4v) is 3.99. The molecule has 0 saturated heterocycles. The quantitative estimate of drug-likeness (QED) is 0.627. The van der Waals surface area contributed by atoms with Gasteiger partial charge in [-0.15, -0.1) is 11.3 Å². The van der Waals surface area contributed by atoms with E-state index in [0.29, 0.717) is 21.8 Å². The zero-order valence-corrected chi connectivity index (χ0v) is 20.1. The van der Waals surface area contributed by atoms with E-state index >= 15 is 0 Å². The molecule has 0 saturated carbocycles. The number of aromatic amines is 1. The van der Waals surface area contributed by atoms with E-state index < -0.39 is 0 Å². The van der Waals surface area contributed by atoms with Crippen LogP contribution in [0.2, 0.25) is 0 Å². The Bertz CT molecular complexity index is 1150. The smallest absolute Gasteiger partial charge is 0.268 e. The number of carbonyl (C=O) groups excluding carboxylic acids is 1. The van der Waals surface area contributed by atoms with E-state index in [4.69, 9.17) is 4.74 Å². The summed E-state index contributed by atoms with van der Waals surface area (Å²) in [4.78, 5) is 33.5. The van der Waals surface area contributed by atoms with Crippen LogP contribution < -0.4 is 10.3 Å². The topological polar surface area (TPSA) is 75.3 Å². The highest BCUT2D eigenvalue weighted by atomic mass is 32.1. The molecule has 0 atom stereocenters. The van der Waals surface area contributed by atoms with E-state index in [1.54, 1.807) is 13.1 Å². The Morgan fingerprint density at radius 1 is 1.13 bits per heavy atom. The number of aromatic nitrogens is 2. The Hall–Kier alpha value is -2.67. The van der Waals surface area contributed by atoms with Gasteiger partial charge in [-0.1, -0.05) is 53.7 Å². The van der Waals surface area contributed by atoms with E-state index in [-0.39, 0.29) is 35.4 Å². The van der Waals surface area contributed by atoms with E-state index in [1.807, 2.05) is 11.4 Å². The van der Waals surface area contributed by atoms with Gasteiger partial charge in [-0.3, -0.25) is 9.59 Å². The van der Waals surface area contributed by atoms with Gasteiger partial charge >= 0.3 is 0 Å². The molecular weight excluding hydrogens is 410 g/mol. The Labute approximate surface area is 187 Å². The molecule has 0 radical (unpaired) electrons. The summed E-state index contributed by atoms with van der Waals surface area (Å²) in [6.45, 7) is 13.1. The number of fused-ring (bicyclic) bond motifs is 1. The molecule has 166 valence electrons. The molecule has 0 spiro atoms. The lowest BCUT2D eigenvalue weighted by Gasteiger charge is -2.27. The molecule has 1 N–H and O–H groups in total. The van der Waals surface area contributed by atoms with E-state index in [9.17, 15) is 9.59 Å². The molecule has 6 nitrogen and oxygen atoms in total. The van der Waals surface area contributed by atoms with Gasteiger partial charge in [0, 0.05) is 7.05 Å². The average molecular weight is 442 g/mol. The largest absolute Gasteiger partial charge is 0.483 e. The van der Waals surface area contributed by atoms with E-state index in [0.717, 1.165) is 5.56 Å². The molecule has 1 amide bonds. The van der Waals surface area contributed by atoms with Gasteiger partial charge in [0.25, 0.3) is 11.5 Å². The predicted octanol–water partition coefficient (Wildman–Crippen LogP) is 4.62. The van der Waals surface area contributed by atoms with Crippen molar-refractivity contribution < 1.29 is 9.53 Å². The van der Waals surface area contributed by atoms with Crippen molar-refractivity contribution in [1.82, 2.24) is 14.9 Å². The number of rotatable bonds is 5. The highest BCUT2D eigenvalue weighted by Gasteiger charge is 2.24. The summed E-state index contributed by atoms with van der Waals surface area (Å²) in [5.74, 6) is 0.984. The molecule has 0 aliphatic heterocycles. The molecule has 31 heavy (non-hydrogen) atoms. The van der Waals surface area contributed by atoms with Crippen molar-refractivity contribution >= 4 is 27.5 Å². The van der Waals surface area contributed by atoms with Gasteiger partial charge in [0.2, 0.25) is 0 Å². The minimum Gasteiger partial charge on any atom is -0.483 e. The maximum absolute atomic E-state index is 12.7. The standard InChI is InChI=1S/C24H31N3O3S/c1-23(2,3)15-8-9-18(16(12-15)24(4,5)6)30-14-20(28)27(7)13-19-25-17-10-11-31-21(17)22(29)26-19/h8-12H,13-14H2,1-7H3,(H,25,26,29). The van der Waals surface area contributed by atoms with Gasteiger partial charge < -0.3 is 14.6 Å². The lowest BCUT2D eigenvalue weighted by Crippen LogP contribution is -2.32. The van der Waals surface area contributed by atoms with Gasteiger partial charge in [0.1, 0.15) is 16.3 Å². The van der Waals surface area contributed by atoms with Crippen molar-refractivity contribution in [2.24, 2.45) is 0 Å². The van der Waals surface area contributed by atoms with Gasteiger partial charge in [-0.25, -0.2) is 4.98 Å². The van der Waals surface area contributed by atoms with Crippen molar-refractivity contribution in [3.8, 4) is 5.75 Å². The lowest BCUT2D eigenvalue weighted by molar-refractivity contribution is -0.132. The van der Waals surface area contributed by atoms with Crippen molar-refractivity contribution in [3.63, 3.8) is 0 Å². The third kappa shape index (κ3) is 5.34. The van der Waals surface area contributed by atoms with Gasteiger partial charge in [0.05, 0.1) is 12.1 Å². The number of thiophene rings is 1. The number of nitrogens with zero attached hydrogens (tertiary/aromatic N) is 2. The number of hydrogen-bond acceptors (Lipinski definition) is 5. The van der Waals surface area contributed by atoms with Crippen LogP contribution in [0.1, 0.15) is 58.5 Å². The summed E-state index contributed by atoms with van der Waals surface area (Å²) in [6.07, 6.45) is 0. The number of carbonyl (C=O) groups is 1. The molecule has 0 aliphatic carbocycles. The number of likely N-dealkylation sites (N-methyl/N-ethyl adjacent to an activating group) is 1. The van der Waals surface area contributed by atoms with Crippen LogP contribution in [0.3, 0.4) is 0 Å². The van der Waals surface area contributed by atoms with Crippen LogP contribution in [0.4, 0.5) is 0 Å². The molecular formula is C24H31N3O3S. The molecule has 0 aliphatic rings. The summed E-state index contributed by atoms with van der Waals surface area (Å²) in [5, 5.41) is 1.83. The summed E-state index contributed by atoms with van der Waals surface area (Å²) < 4.78 is 6.54. The molecule has 3 rings (SSSR count). The minimum absolute atomic E-state index is 0.0298. The molecule has 2 heterocycles. The maximum atomic E-state index is 12.7. The number of nitrogens with one attached hydrogen (secondary N) is 1. The van der Waals surface area contributed by atoms with Crippen LogP contribution in [0.15, 0.2) is 34.4 Å². The van der Waals surface area contributed by atoms with Crippen LogP contribution in [0, 0.1) is 0 Å². The molecule has 0 fully saturated rings. The summed E-state index contributed by atoms with van der Waals surface area (Å²) in [5.41, 5.74) is 2.68. The number of amides is 1. The van der Waals surface area contributed by atoms with Crippen LogP contribution in [-0.2, 0) is 22.2 Å². The van der Waals surface area contributed by atoms with Crippen LogP contribution in [-0.4, -0.2) is 34.4 Å². The first kappa shape index (κ1) is 23.0. The second-order valence-corrected chi connectivity index (χ2v) is 10.8. The molecule has 0 unspecified atom stereocenters. The second kappa shape index (κ2) is 8.46. The first-order chi connectivity index (χ1) is 14.4. The number of ether oxygens (including phenoxy) is 1. The van der Waals surface area contributed by atoms with Crippen LogP contribution in [0.5, 0.6) is 5.75 Å². The van der Waals surface area contributed by atoms with Crippen molar-refractivity contribution in [2.45, 2.75) is 58.9 Å². The average Bonchev–Trinajstić information content (AvgIpc) is 3.13. The van der Waals surface area contributed by atoms with Crippen molar-refractivity contribution in [2.75, 3.05) is 13.7 Å². The second-order valence-electron chi connectivity index (χ2n) is 9.90. The zero-order valence-electron chi connectivity index (χ0n) is 19.3. The lowest BCUT2D eigenvalue weighted by atomic mass is 9.80. The minimum atomic E-state index is -0.187. The summed E-state index contributed by atoms with van der Waals surface area (Å²) in [6, 6.07) is 7.99. The molecule has 0 bridgehead atoms. The fraction of sp³-hybridized carbons (Fsp3) is 0.458. The highest BCUT2D eigenvalue weighted by molar-refractivity contribution is 7.17. The van der Waals surface area contributed by atoms with Crippen LogP contribution >= 0.6 is 11.3 Å². The third-order valence-corrected chi connectivity index (χ3v) is 6.08. The Kier molecular flexibility index (Phi) is 6.28. The first-order valence-corrected chi connectivity index (χ1v) is 11.2. The fourth-order valence-electron chi connectivity index (χ4n) is 3.27. The summed E-state index contributed by atoms with van der Waals surface area (Å²) >= 11 is 1.35. The molecule has 7 heteroatoms. The van der Waals surface area contributed by atoms with E-state index in [1.165, 1.54) is 21.8 Å². The third-order valence-electron chi connectivity index (χ3n) is 5.18. The predicted molar refractivity (Wildman–Crippen MR) is 126 cm³/mol. The zero-order chi connectivity index (χ0) is 23.0. The highest BCUT2D eigenvalue weighted by Crippen LogP contribution is 2.35. The van der Waals surface area contributed by atoms with Gasteiger partial charge in [-0.05, 0) is 39.5 Å².